The molecule has 5 nitrogen and oxygen atoms in total. The average Bonchev–Trinajstić information content (AvgIpc) is 2.84. The van der Waals surface area contributed by atoms with Crippen LogP contribution in [-0.4, -0.2) is 41.7 Å². The lowest BCUT2D eigenvalue weighted by Crippen LogP contribution is -2.44. The molecular formula is C21H33N3O2. The molecular weight excluding hydrogens is 326 g/mol. The zero-order valence-electron chi connectivity index (χ0n) is 16.0. The Bertz CT molecular complexity index is 599. The van der Waals surface area contributed by atoms with E-state index in [0.29, 0.717) is 0 Å². The Hall–Kier alpha value is -1.43. The Morgan fingerprint density at radius 1 is 1.27 bits per heavy atom. The van der Waals surface area contributed by atoms with Gasteiger partial charge in [0, 0.05) is 19.1 Å². The maximum Gasteiger partial charge on any atom is 0.236 e. The summed E-state index contributed by atoms with van der Waals surface area (Å²) in [6.07, 6.45) is 9.09. The van der Waals surface area contributed by atoms with Crippen molar-refractivity contribution < 1.29 is 10.0 Å². The van der Waals surface area contributed by atoms with Crippen LogP contribution in [0.25, 0.3) is 0 Å². The number of aryl methyl sites for hydroxylation is 1. The van der Waals surface area contributed by atoms with Crippen LogP contribution in [-0.2, 0) is 17.8 Å². The van der Waals surface area contributed by atoms with E-state index in [1.165, 1.54) is 44.1 Å². The molecule has 5 heteroatoms. The summed E-state index contributed by atoms with van der Waals surface area (Å²) in [5.41, 5.74) is 6.57. The van der Waals surface area contributed by atoms with Crippen LogP contribution < -0.4 is 10.8 Å². The van der Waals surface area contributed by atoms with Gasteiger partial charge in [0.25, 0.3) is 0 Å². The van der Waals surface area contributed by atoms with E-state index >= 15 is 0 Å². The van der Waals surface area contributed by atoms with Crippen molar-refractivity contribution in [3.63, 3.8) is 0 Å². The van der Waals surface area contributed by atoms with E-state index in [4.69, 9.17) is 5.21 Å². The predicted octanol–water partition coefficient (Wildman–Crippen LogP) is 2.97. The number of benzene rings is 1. The molecule has 1 heterocycles. The van der Waals surface area contributed by atoms with Crippen molar-refractivity contribution in [3.05, 3.63) is 34.9 Å². The van der Waals surface area contributed by atoms with Crippen molar-refractivity contribution in [2.75, 3.05) is 19.6 Å². The molecule has 26 heavy (non-hydrogen) atoms. The van der Waals surface area contributed by atoms with Crippen LogP contribution in [0.5, 0.6) is 0 Å². The monoisotopic (exact) mass is 359 g/mol. The summed E-state index contributed by atoms with van der Waals surface area (Å²) in [5, 5.41) is 11.6. The van der Waals surface area contributed by atoms with Gasteiger partial charge in [0.1, 0.15) is 0 Å². The van der Waals surface area contributed by atoms with Crippen molar-refractivity contribution in [1.29, 1.82) is 0 Å². The molecule has 0 bridgehead atoms. The fraction of sp³-hybridized carbons (Fsp3) is 0.667. The minimum atomic E-state index is -0.168. The van der Waals surface area contributed by atoms with Crippen LogP contribution in [0.2, 0.25) is 0 Å². The van der Waals surface area contributed by atoms with E-state index < -0.39 is 0 Å². The fourth-order valence-electron chi connectivity index (χ4n) is 4.66. The fourth-order valence-corrected chi connectivity index (χ4v) is 4.66. The minimum Gasteiger partial charge on any atom is -0.351 e. The molecule has 1 aliphatic heterocycles. The molecule has 0 saturated heterocycles. The van der Waals surface area contributed by atoms with Gasteiger partial charge in [0.2, 0.25) is 5.91 Å². The van der Waals surface area contributed by atoms with Gasteiger partial charge in [0.15, 0.2) is 0 Å². The summed E-state index contributed by atoms with van der Waals surface area (Å²) in [6.45, 7) is 4.88. The van der Waals surface area contributed by atoms with E-state index in [1.807, 2.05) is 12.4 Å². The largest absolute Gasteiger partial charge is 0.351 e. The topological polar surface area (TPSA) is 64.6 Å². The predicted molar refractivity (Wildman–Crippen MR) is 103 cm³/mol. The van der Waals surface area contributed by atoms with Crippen LogP contribution in [0.1, 0.15) is 68.1 Å². The Morgan fingerprint density at radius 3 is 2.85 bits per heavy atom. The first-order valence-corrected chi connectivity index (χ1v) is 10.2. The maximum absolute atomic E-state index is 11.7. The number of carbonyl (C=O) groups is 1. The number of rotatable bonds is 6. The quantitative estimate of drug-likeness (QED) is 0.683. The number of hydrogen-bond acceptors (Lipinski definition) is 4. The number of fused-ring (bicyclic) bond motifs is 1. The molecule has 2 aliphatic rings. The Balaban J connectivity index is 1.69. The third kappa shape index (κ3) is 5.06. The van der Waals surface area contributed by atoms with E-state index in [0.717, 1.165) is 32.0 Å². The third-order valence-electron chi connectivity index (χ3n) is 5.84. The molecule has 1 aliphatic carbocycles. The Labute approximate surface area is 157 Å². The SMILES string of the molecule is C[C@@H](CN1CCCc2cccc(C3CCCCC3)c2C1)NC(=O)CNO. The summed E-state index contributed by atoms with van der Waals surface area (Å²) < 4.78 is 0. The minimum absolute atomic E-state index is 0.0565. The summed E-state index contributed by atoms with van der Waals surface area (Å²) in [6, 6.07) is 6.99. The number of carbonyl (C=O) groups excluding carboxylic acids is 1. The van der Waals surface area contributed by atoms with Gasteiger partial charge in [-0.15, -0.1) is 0 Å². The highest BCUT2D eigenvalue weighted by atomic mass is 16.5. The molecule has 1 aromatic rings. The first-order chi connectivity index (χ1) is 12.7. The van der Waals surface area contributed by atoms with Crippen LogP contribution in [0.3, 0.4) is 0 Å². The van der Waals surface area contributed by atoms with Gasteiger partial charge >= 0.3 is 0 Å². The number of nitrogens with zero attached hydrogens (tertiary/aromatic N) is 1. The van der Waals surface area contributed by atoms with Gasteiger partial charge in [-0.1, -0.05) is 37.5 Å². The highest BCUT2D eigenvalue weighted by Crippen LogP contribution is 2.36. The molecule has 1 aromatic carbocycles. The van der Waals surface area contributed by atoms with Gasteiger partial charge < -0.3 is 10.5 Å². The molecule has 144 valence electrons. The second-order valence-electron chi connectivity index (χ2n) is 7.96. The van der Waals surface area contributed by atoms with Crippen LogP contribution in [0, 0.1) is 0 Å². The van der Waals surface area contributed by atoms with E-state index in [1.54, 1.807) is 11.1 Å². The lowest BCUT2D eigenvalue weighted by atomic mass is 9.80. The van der Waals surface area contributed by atoms with E-state index in [9.17, 15) is 4.79 Å². The average molecular weight is 360 g/mol. The normalized spacial score (nSPS) is 20.2. The van der Waals surface area contributed by atoms with Crippen molar-refractivity contribution in [1.82, 2.24) is 15.7 Å². The third-order valence-corrected chi connectivity index (χ3v) is 5.84. The zero-order valence-corrected chi connectivity index (χ0v) is 16.0. The molecule has 0 aromatic heterocycles. The first-order valence-electron chi connectivity index (χ1n) is 10.2. The molecule has 1 fully saturated rings. The van der Waals surface area contributed by atoms with Gasteiger partial charge in [-0.05, 0) is 61.8 Å². The van der Waals surface area contributed by atoms with Crippen molar-refractivity contribution in [2.45, 2.75) is 70.4 Å². The summed E-state index contributed by atoms with van der Waals surface area (Å²) in [7, 11) is 0. The molecule has 0 spiro atoms. The van der Waals surface area contributed by atoms with Crippen molar-refractivity contribution in [3.8, 4) is 0 Å². The molecule has 0 unspecified atom stereocenters. The molecule has 3 rings (SSSR count). The van der Waals surface area contributed by atoms with Gasteiger partial charge in [-0.3, -0.25) is 9.69 Å². The smallest absolute Gasteiger partial charge is 0.236 e. The van der Waals surface area contributed by atoms with Crippen molar-refractivity contribution >= 4 is 5.91 Å². The standard InChI is InChI=1S/C21H33N3O2/c1-16(23-21(25)13-22-26)14-24-12-6-10-18-9-5-11-19(20(18)15-24)17-7-3-2-4-8-17/h5,9,11,16-17,22,26H,2-4,6-8,10,12-15H2,1H3,(H,23,25)/t16-/m0/s1. The van der Waals surface area contributed by atoms with Crippen LogP contribution >= 0.6 is 0 Å². The summed E-state index contributed by atoms with van der Waals surface area (Å²) >= 11 is 0. The van der Waals surface area contributed by atoms with Gasteiger partial charge in [0.05, 0.1) is 6.54 Å². The highest BCUT2D eigenvalue weighted by molar-refractivity contribution is 5.78. The first kappa shape index (κ1) is 19.3. The van der Waals surface area contributed by atoms with Gasteiger partial charge in [-0.25, -0.2) is 0 Å². The van der Waals surface area contributed by atoms with E-state index in [-0.39, 0.29) is 18.5 Å². The second-order valence-corrected chi connectivity index (χ2v) is 7.96. The number of nitrogens with one attached hydrogen (secondary N) is 2. The summed E-state index contributed by atoms with van der Waals surface area (Å²) in [5.74, 6) is 0.560. The molecule has 0 radical (unpaired) electrons. The van der Waals surface area contributed by atoms with Crippen LogP contribution in [0.4, 0.5) is 0 Å². The summed E-state index contributed by atoms with van der Waals surface area (Å²) in [4.78, 5) is 14.2. The Kier molecular flexibility index (Phi) is 7.06. The second kappa shape index (κ2) is 9.49. The maximum atomic E-state index is 11.7. The molecule has 3 N–H and O–H groups in total. The molecule has 1 amide bonds. The lowest BCUT2D eigenvalue weighted by molar-refractivity contribution is -0.122. The van der Waals surface area contributed by atoms with Crippen molar-refractivity contribution in [2.24, 2.45) is 0 Å². The molecule has 1 saturated carbocycles. The lowest BCUT2D eigenvalue weighted by Gasteiger charge is -2.29. The molecule has 1 atom stereocenters. The number of hydrogen-bond donors (Lipinski definition) is 3. The number of hydroxylamine groups is 1. The highest BCUT2D eigenvalue weighted by Gasteiger charge is 2.23. The van der Waals surface area contributed by atoms with E-state index in [2.05, 4.69) is 28.4 Å². The number of amides is 1. The Morgan fingerprint density at radius 2 is 2.08 bits per heavy atom. The zero-order chi connectivity index (χ0) is 18.4. The van der Waals surface area contributed by atoms with Gasteiger partial charge in [-0.2, -0.15) is 5.48 Å². The van der Waals surface area contributed by atoms with Crippen LogP contribution in [0.15, 0.2) is 18.2 Å².